The number of urea groups is 1. The fourth-order valence-corrected chi connectivity index (χ4v) is 4.17. The first-order chi connectivity index (χ1) is 19.7. The van der Waals surface area contributed by atoms with Crippen LogP contribution in [0.4, 0.5) is 26.9 Å². The Kier molecular flexibility index (Phi) is 7.64. The molecule has 10 nitrogen and oxygen atoms in total. The molecule has 5 aromatic rings. The van der Waals surface area contributed by atoms with Gasteiger partial charge in [0.2, 0.25) is 0 Å². The van der Waals surface area contributed by atoms with Crippen LogP contribution < -0.4 is 20.7 Å². The summed E-state index contributed by atoms with van der Waals surface area (Å²) in [7, 11) is 0. The van der Waals surface area contributed by atoms with Crippen LogP contribution in [0.5, 0.6) is 11.5 Å². The summed E-state index contributed by atoms with van der Waals surface area (Å²) in [5.74, 6) is 2.07. The maximum atomic E-state index is 13.1. The Balaban J connectivity index is 1.34. The first kappa shape index (κ1) is 26.9. The van der Waals surface area contributed by atoms with E-state index in [-0.39, 0.29) is 11.6 Å². The lowest BCUT2D eigenvalue weighted by Gasteiger charge is -2.14. The maximum absolute atomic E-state index is 13.1. The van der Waals surface area contributed by atoms with E-state index in [2.05, 4.69) is 32.6 Å². The summed E-state index contributed by atoms with van der Waals surface area (Å²) < 4.78 is 12.7. The van der Waals surface area contributed by atoms with Crippen LogP contribution in [0.3, 0.4) is 0 Å². The van der Waals surface area contributed by atoms with Gasteiger partial charge in [0.05, 0.1) is 22.8 Å². The number of benzene rings is 3. The topological polar surface area (TPSA) is 119 Å². The van der Waals surface area contributed by atoms with Gasteiger partial charge in [0, 0.05) is 29.1 Å². The number of fused-ring (bicyclic) bond motifs is 1. The molecule has 5 rings (SSSR count). The molecule has 0 spiro atoms. The predicted molar refractivity (Wildman–Crippen MR) is 159 cm³/mol. The smallest absolute Gasteiger partial charge is 0.417 e. The average Bonchev–Trinajstić information content (AvgIpc) is 3.29. The maximum Gasteiger partial charge on any atom is 0.417 e. The summed E-state index contributed by atoms with van der Waals surface area (Å²) in [4.78, 5) is 29.1. The molecular formula is C31H28N6O4. The van der Waals surface area contributed by atoms with Crippen molar-refractivity contribution >= 4 is 40.2 Å². The summed E-state index contributed by atoms with van der Waals surface area (Å²) in [6, 6.07) is 23.6. The highest BCUT2D eigenvalue weighted by Gasteiger charge is 2.14. The molecule has 2 heterocycles. The van der Waals surface area contributed by atoms with Crippen LogP contribution in [0.2, 0.25) is 0 Å². The van der Waals surface area contributed by atoms with E-state index >= 15 is 0 Å². The fraction of sp³-hybridized carbons (Fsp3) is 0.0968. The van der Waals surface area contributed by atoms with Crippen molar-refractivity contribution < 1.29 is 19.1 Å². The van der Waals surface area contributed by atoms with Gasteiger partial charge in [-0.15, -0.1) is 0 Å². The monoisotopic (exact) mass is 548 g/mol. The predicted octanol–water partition coefficient (Wildman–Crippen LogP) is 7.56. The van der Waals surface area contributed by atoms with E-state index in [1.54, 1.807) is 35.9 Å². The van der Waals surface area contributed by atoms with Gasteiger partial charge in [0.15, 0.2) is 0 Å². The zero-order valence-electron chi connectivity index (χ0n) is 22.8. The molecule has 10 heteroatoms. The molecule has 41 heavy (non-hydrogen) atoms. The van der Waals surface area contributed by atoms with E-state index < -0.39 is 12.1 Å². The van der Waals surface area contributed by atoms with Crippen LogP contribution in [0, 0.1) is 13.8 Å². The number of rotatable bonds is 7. The van der Waals surface area contributed by atoms with Crippen molar-refractivity contribution in [3.05, 3.63) is 109 Å². The van der Waals surface area contributed by atoms with E-state index in [1.807, 2.05) is 68.4 Å². The van der Waals surface area contributed by atoms with E-state index in [1.165, 1.54) is 6.20 Å². The van der Waals surface area contributed by atoms with Crippen LogP contribution in [-0.4, -0.2) is 26.9 Å². The summed E-state index contributed by atoms with van der Waals surface area (Å²) in [5.41, 5.74) is 3.35. The number of nitrogens with zero attached hydrogens (tertiary/aromatic N) is 3. The SMILES string of the molecule is C=C(C)OC(=O)Nc1cc(Oc2ccc(NC(=O)Nc3cc(C)nn3-c3ccc(C)cc3)c3ccccc23)ccn1. The van der Waals surface area contributed by atoms with Gasteiger partial charge >= 0.3 is 12.1 Å². The number of hydrogen-bond acceptors (Lipinski definition) is 6. The van der Waals surface area contributed by atoms with Crippen molar-refractivity contribution in [2.75, 3.05) is 16.0 Å². The molecule has 0 bridgehead atoms. The molecule has 3 N–H and O–H groups in total. The van der Waals surface area contributed by atoms with E-state index in [9.17, 15) is 9.59 Å². The first-order valence-corrected chi connectivity index (χ1v) is 12.8. The second-order valence-corrected chi connectivity index (χ2v) is 9.35. The van der Waals surface area contributed by atoms with Crippen molar-refractivity contribution in [3.63, 3.8) is 0 Å². The van der Waals surface area contributed by atoms with Crippen molar-refractivity contribution in [1.82, 2.24) is 14.8 Å². The number of nitrogens with one attached hydrogen (secondary N) is 3. The number of anilines is 3. The van der Waals surface area contributed by atoms with Crippen LogP contribution in [0.25, 0.3) is 16.5 Å². The zero-order chi connectivity index (χ0) is 28.9. The summed E-state index contributed by atoms with van der Waals surface area (Å²) in [5, 5.41) is 14.5. The van der Waals surface area contributed by atoms with Gasteiger partial charge < -0.3 is 14.8 Å². The van der Waals surface area contributed by atoms with Gasteiger partial charge in [-0.25, -0.2) is 19.3 Å². The lowest BCUT2D eigenvalue weighted by molar-refractivity contribution is 0.192. The molecule has 3 aromatic carbocycles. The standard InChI is InChI=1S/C31H28N6O4/c1-19(2)40-31(39)34-28-18-23(15-16-32-28)41-27-14-13-26(24-7-5-6-8-25(24)27)33-30(38)35-29-17-21(4)36-37(29)22-11-9-20(3)10-12-22/h5-18H,1H2,2-4H3,(H,32,34,39)(H2,33,35,38). The average molecular weight is 549 g/mol. The number of carbonyl (C=O) groups excluding carboxylic acids is 2. The number of hydrogen-bond donors (Lipinski definition) is 3. The van der Waals surface area contributed by atoms with Crippen LogP contribution >= 0.6 is 0 Å². The molecule has 0 unspecified atom stereocenters. The first-order valence-electron chi connectivity index (χ1n) is 12.8. The summed E-state index contributed by atoms with van der Waals surface area (Å²) in [6.45, 7) is 9.00. The molecule has 206 valence electrons. The third kappa shape index (κ3) is 6.51. The van der Waals surface area contributed by atoms with Gasteiger partial charge in [-0.2, -0.15) is 5.10 Å². The van der Waals surface area contributed by atoms with Gasteiger partial charge in [-0.05, 0) is 51.1 Å². The van der Waals surface area contributed by atoms with E-state index in [0.29, 0.717) is 23.0 Å². The Hall–Kier alpha value is -5.64. The Bertz CT molecular complexity index is 1760. The highest BCUT2D eigenvalue weighted by atomic mass is 16.6. The Labute approximate surface area is 236 Å². The van der Waals surface area contributed by atoms with E-state index in [4.69, 9.17) is 9.47 Å². The molecule has 0 saturated carbocycles. The number of allylic oxidation sites excluding steroid dienone is 1. The van der Waals surface area contributed by atoms with Gasteiger partial charge in [0.25, 0.3) is 0 Å². The highest BCUT2D eigenvalue weighted by Crippen LogP contribution is 2.35. The van der Waals surface area contributed by atoms with Crippen molar-refractivity contribution in [2.45, 2.75) is 20.8 Å². The lowest BCUT2D eigenvalue weighted by Crippen LogP contribution is -2.21. The van der Waals surface area contributed by atoms with Crippen LogP contribution in [0.1, 0.15) is 18.2 Å². The Morgan fingerprint density at radius 1 is 0.878 bits per heavy atom. The van der Waals surface area contributed by atoms with Crippen LogP contribution in [0.15, 0.2) is 97.4 Å². The molecule has 0 atom stereocenters. The summed E-state index contributed by atoms with van der Waals surface area (Å²) >= 11 is 0. The third-order valence-corrected chi connectivity index (χ3v) is 5.94. The number of pyridine rings is 1. The van der Waals surface area contributed by atoms with Gasteiger partial charge in [-0.1, -0.05) is 48.5 Å². The largest absolute Gasteiger partial charge is 0.457 e. The minimum atomic E-state index is -0.696. The number of aryl methyl sites for hydroxylation is 2. The number of aromatic nitrogens is 3. The lowest BCUT2D eigenvalue weighted by atomic mass is 10.1. The Morgan fingerprint density at radius 2 is 1.63 bits per heavy atom. The minimum Gasteiger partial charge on any atom is -0.457 e. The molecule has 0 radical (unpaired) electrons. The number of amides is 3. The number of carbonyl (C=O) groups is 2. The fourth-order valence-electron chi connectivity index (χ4n) is 4.17. The highest BCUT2D eigenvalue weighted by molar-refractivity contribution is 6.07. The second kappa shape index (κ2) is 11.6. The quantitative estimate of drug-likeness (QED) is 0.181. The van der Waals surface area contributed by atoms with Crippen molar-refractivity contribution in [1.29, 1.82) is 0 Å². The molecular weight excluding hydrogens is 520 g/mol. The van der Waals surface area contributed by atoms with E-state index in [0.717, 1.165) is 27.7 Å². The third-order valence-electron chi connectivity index (χ3n) is 5.94. The molecule has 2 aromatic heterocycles. The molecule has 0 aliphatic rings. The van der Waals surface area contributed by atoms with Gasteiger partial charge in [0.1, 0.15) is 23.1 Å². The minimum absolute atomic E-state index is 0.258. The molecule has 0 aliphatic heterocycles. The molecule has 0 fully saturated rings. The molecule has 0 aliphatic carbocycles. The van der Waals surface area contributed by atoms with Crippen LogP contribution in [-0.2, 0) is 4.74 Å². The second-order valence-electron chi connectivity index (χ2n) is 9.35. The molecule has 3 amide bonds. The number of ether oxygens (including phenoxy) is 2. The molecule has 0 saturated heterocycles. The van der Waals surface area contributed by atoms with Crippen molar-refractivity contribution in [3.8, 4) is 17.2 Å². The normalized spacial score (nSPS) is 10.6. The Morgan fingerprint density at radius 3 is 2.39 bits per heavy atom. The van der Waals surface area contributed by atoms with Crippen molar-refractivity contribution in [2.24, 2.45) is 0 Å². The zero-order valence-corrected chi connectivity index (χ0v) is 22.8. The van der Waals surface area contributed by atoms with Gasteiger partial charge in [-0.3, -0.25) is 10.6 Å². The summed E-state index contributed by atoms with van der Waals surface area (Å²) in [6.07, 6.45) is 0.815.